The van der Waals surface area contributed by atoms with Gasteiger partial charge in [0.25, 0.3) is 0 Å². The van der Waals surface area contributed by atoms with Crippen LogP contribution >= 0.6 is 11.6 Å². The Hall–Kier alpha value is -1.48. The Morgan fingerprint density at radius 3 is 1.70 bits per heavy atom. The summed E-state index contributed by atoms with van der Waals surface area (Å²) in [7, 11) is 0. The zero-order valence-electron chi connectivity index (χ0n) is 13.8. The summed E-state index contributed by atoms with van der Waals surface area (Å²) in [6, 6.07) is 8.28. The number of rotatable bonds is 3. The molecule has 0 aliphatic heterocycles. The van der Waals surface area contributed by atoms with Gasteiger partial charge in [-0.25, -0.2) is 13.2 Å². The molecule has 0 amide bonds. The van der Waals surface area contributed by atoms with Crippen molar-refractivity contribution in [1.82, 2.24) is 0 Å². The standard InChI is InChI=1S/C10H12ClF.C9H10F2/c1-3-7(2)8-4-9(11)6-10(12)5-8;1-6(2)7-3-8(10)5-9(11)4-7/h4-7H,3H2,1-2H3;3-6H,1-2H3. The number of hydrogen-bond acceptors (Lipinski definition) is 0. The van der Waals surface area contributed by atoms with E-state index in [0.717, 1.165) is 18.1 Å². The third-order valence-electron chi connectivity index (χ3n) is 3.62. The largest absolute Gasteiger partial charge is 0.207 e. The van der Waals surface area contributed by atoms with Crippen LogP contribution in [-0.4, -0.2) is 0 Å². The summed E-state index contributed by atoms with van der Waals surface area (Å²) in [4.78, 5) is 0. The van der Waals surface area contributed by atoms with Crippen molar-refractivity contribution in [2.45, 2.75) is 46.0 Å². The summed E-state index contributed by atoms with van der Waals surface area (Å²) in [6.07, 6.45) is 1.000. The average Bonchev–Trinajstić information content (AvgIpc) is 2.45. The molecule has 4 heteroatoms. The molecule has 0 aromatic heterocycles. The van der Waals surface area contributed by atoms with Crippen molar-refractivity contribution in [3.05, 3.63) is 70.0 Å². The van der Waals surface area contributed by atoms with Crippen LogP contribution in [0.15, 0.2) is 36.4 Å². The van der Waals surface area contributed by atoms with Gasteiger partial charge in [0.1, 0.15) is 17.5 Å². The summed E-state index contributed by atoms with van der Waals surface area (Å²) >= 11 is 5.71. The molecule has 0 nitrogen and oxygen atoms in total. The molecule has 2 aromatic rings. The minimum Gasteiger partial charge on any atom is -0.207 e. The van der Waals surface area contributed by atoms with E-state index < -0.39 is 11.6 Å². The highest BCUT2D eigenvalue weighted by Crippen LogP contribution is 2.23. The Kier molecular flexibility index (Phi) is 7.63. The van der Waals surface area contributed by atoms with Crippen LogP contribution in [0.4, 0.5) is 13.2 Å². The van der Waals surface area contributed by atoms with Gasteiger partial charge < -0.3 is 0 Å². The molecule has 1 atom stereocenters. The van der Waals surface area contributed by atoms with E-state index in [1.165, 1.54) is 18.2 Å². The van der Waals surface area contributed by atoms with Crippen molar-refractivity contribution >= 4 is 11.6 Å². The maximum atomic E-state index is 12.8. The van der Waals surface area contributed by atoms with Crippen LogP contribution in [0, 0.1) is 17.5 Å². The summed E-state index contributed by atoms with van der Waals surface area (Å²) in [6.45, 7) is 7.93. The van der Waals surface area contributed by atoms with E-state index in [4.69, 9.17) is 11.6 Å². The van der Waals surface area contributed by atoms with Gasteiger partial charge in [0.15, 0.2) is 0 Å². The fourth-order valence-electron chi connectivity index (χ4n) is 2.00. The first kappa shape index (κ1) is 19.6. The molecule has 0 bridgehead atoms. The topological polar surface area (TPSA) is 0 Å². The third kappa shape index (κ3) is 6.66. The van der Waals surface area contributed by atoms with Gasteiger partial charge in [-0.3, -0.25) is 0 Å². The molecule has 0 aliphatic rings. The highest BCUT2D eigenvalue weighted by molar-refractivity contribution is 6.30. The predicted molar refractivity (Wildman–Crippen MR) is 90.6 cm³/mol. The van der Waals surface area contributed by atoms with E-state index >= 15 is 0 Å². The Morgan fingerprint density at radius 1 is 0.783 bits per heavy atom. The molecule has 0 fully saturated rings. The maximum Gasteiger partial charge on any atom is 0.126 e. The van der Waals surface area contributed by atoms with Gasteiger partial charge in [0, 0.05) is 11.1 Å². The lowest BCUT2D eigenvalue weighted by molar-refractivity contribution is 0.577. The lowest BCUT2D eigenvalue weighted by Crippen LogP contribution is -1.91. The van der Waals surface area contributed by atoms with E-state index in [9.17, 15) is 13.2 Å². The van der Waals surface area contributed by atoms with Crippen LogP contribution < -0.4 is 0 Å². The molecule has 0 saturated carbocycles. The molecule has 0 saturated heterocycles. The summed E-state index contributed by atoms with van der Waals surface area (Å²) in [5.41, 5.74) is 1.67. The van der Waals surface area contributed by atoms with Crippen LogP contribution in [0.25, 0.3) is 0 Å². The molecule has 0 N–H and O–H groups in total. The van der Waals surface area contributed by atoms with Crippen LogP contribution in [0.3, 0.4) is 0 Å². The quantitative estimate of drug-likeness (QED) is 0.559. The van der Waals surface area contributed by atoms with Gasteiger partial charge in [-0.15, -0.1) is 0 Å². The van der Waals surface area contributed by atoms with E-state index in [1.807, 2.05) is 19.9 Å². The highest BCUT2D eigenvalue weighted by Gasteiger charge is 2.05. The second-order valence-corrected chi connectivity index (χ2v) is 6.31. The second-order valence-electron chi connectivity index (χ2n) is 5.87. The van der Waals surface area contributed by atoms with Crippen molar-refractivity contribution in [1.29, 1.82) is 0 Å². The third-order valence-corrected chi connectivity index (χ3v) is 3.84. The molecule has 0 spiro atoms. The van der Waals surface area contributed by atoms with E-state index in [0.29, 0.717) is 16.5 Å². The Bertz CT molecular complexity index is 598. The van der Waals surface area contributed by atoms with Gasteiger partial charge in [-0.05, 0) is 59.7 Å². The summed E-state index contributed by atoms with van der Waals surface area (Å²) in [5, 5.41) is 0.477. The molecule has 23 heavy (non-hydrogen) atoms. The molecular formula is C19H22ClF3. The molecule has 126 valence electrons. The van der Waals surface area contributed by atoms with Crippen LogP contribution in [0.5, 0.6) is 0 Å². The van der Waals surface area contributed by atoms with Crippen LogP contribution in [-0.2, 0) is 0 Å². The molecule has 2 rings (SSSR count). The van der Waals surface area contributed by atoms with Gasteiger partial charge in [0.05, 0.1) is 0 Å². The van der Waals surface area contributed by atoms with E-state index in [2.05, 4.69) is 13.8 Å². The minimum atomic E-state index is -0.506. The predicted octanol–water partition coefficient (Wildman–Crippen LogP) is 7.08. The van der Waals surface area contributed by atoms with Crippen LogP contribution in [0.1, 0.15) is 57.1 Å². The van der Waals surface area contributed by atoms with Crippen molar-refractivity contribution in [3.8, 4) is 0 Å². The van der Waals surface area contributed by atoms with Gasteiger partial charge in [-0.1, -0.05) is 39.3 Å². The van der Waals surface area contributed by atoms with Crippen LogP contribution in [0.2, 0.25) is 5.02 Å². The summed E-state index contributed by atoms with van der Waals surface area (Å²) < 4.78 is 37.9. The first-order valence-corrected chi connectivity index (χ1v) is 8.02. The first-order valence-electron chi connectivity index (χ1n) is 7.64. The Balaban J connectivity index is 0.000000231. The number of benzene rings is 2. The van der Waals surface area contributed by atoms with E-state index in [1.54, 1.807) is 6.07 Å². The zero-order chi connectivity index (χ0) is 17.6. The molecule has 1 unspecified atom stereocenters. The summed E-state index contributed by atoms with van der Waals surface area (Å²) in [5.74, 6) is -0.724. The number of hydrogen-bond donors (Lipinski definition) is 0. The number of halogens is 4. The Morgan fingerprint density at radius 2 is 1.26 bits per heavy atom. The smallest absolute Gasteiger partial charge is 0.126 e. The fraction of sp³-hybridized carbons (Fsp3) is 0.368. The zero-order valence-corrected chi connectivity index (χ0v) is 14.6. The SMILES string of the molecule is CC(C)c1cc(F)cc(F)c1.CCC(C)c1cc(F)cc(Cl)c1. The highest BCUT2D eigenvalue weighted by atomic mass is 35.5. The average molecular weight is 343 g/mol. The Labute approximate surface area is 141 Å². The molecule has 0 radical (unpaired) electrons. The lowest BCUT2D eigenvalue weighted by atomic mass is 9.99. The van der Waals surface area contributed by atoms with E-state index in [-0.39, 0.29) is 11.7 Å². The monoisotopic (exact) mass is 342 g/mol. The lowest BCUT2D eigenvalue weighted by Gasteiger charge is -2.08. The van der Waals surface area contributed by atoms with Crippen molar-refractivity contribution in [2.24, 2.45) is 0 Å². The van der Waals surface area contributed by atoms with Crippen molar-refractivity contribution in [3.63, 3.8) is 0 Å². The maximum absolute atomic E-state index is 12.8. The van der Waals surface area contributed by atoms with Crippen molar-refractivity contribution in [2.75, 3.05) is 0 Å². The normalized spacial score (nSPS) is 11.9. The molecule has 2 aromatic carbocycles. The molecule has 0 aliphatic carbocycles. The van der Waals surface area contributed by atoms with Gasteiger partial charge in [-0.2, -0.15) is 0 Å². The minimum absolute atomic E-state index is 0.167. The molecule has 0 heterocycles. The fourth-order valence-corrected chi connectivity index (χ4v) is 2.23. The van der Waals surface area contributed by atoms with Crippen molar-refractivity contribution < 1.29 is 13.2 Å². The second kappa shape index (κ2) is 8.97. The van der Waals surface area contributed by atoms with Gasteiger partial charge >= 0.3 is 0 Å². The first-order chi connectivity index (χ1) is 10.7. The molecular weight excluding hydrogens is 321 g/mol. The van der Waals surface area contributed by atoms with Gasteiger partial charge in [0.2, 0.25) is 0 Å².